The molecule has 1 aromatic rings. The molecule has 2 N–H and O–H groups in total. The number of nitrogens with one attached hydrogen (secondary N) is 2. The van der Waals surface area contributed by atoms with Crippen LogP contribution in [-0.4, -0.2) is 49.2 Å². The standard InChI is InChI=1S/C16H26N4O3S.HI/c1-3-23-11-4-9-17-16(18-10-12-24-2)19-13-14-5-7-15(8-6-14)20(21)22;/h5-8H,3-4,9-13H2,1-2H3,(H2,17,18,19);1H. The highest BCUT2D eigenvalue weighted by molar-refractivity contribution is 14.0. The van der Waals surface area contributed by atoms with Gasteiger partial charge in [-0.25, -0.2) is 4.99 Å². The van der Waals surface area contributed by atoms with Crippen molar-refractivity contribution in [1.82, 2.24) is 10.6 Å². The zero-order valence-electron chi connectivity index (χ0n) is 14.7. The molecule has 0 saturated carbocycles. The number of hydrogen-bond acceptors (Lipinski definition) is 5. The predicted molar refractivity (Wildman–Crippen MR) is 115 cm³/mol. The first kappa shape index (κ1) is 23.9. The molecular formula is C16H27IN4O3S. The maximum absolute atomic E-state index is 10.7. The Morgan fingerprint density at radius 3 is 2.56 bits per heavy atom. The molecule has 0 unspecified atom stereocenters. The van der Waals surface area contributed by atoms with E-state index in [1.807, 2.05) is 6.92 Å². The zero-order chi connectivity index (χ0) is 17.6. The maximum Gasteiger partial charge on any atom is 0.269 e. The molecule has 0 aliphatic heterocycles. The molecule has 0 amide bonds. The number of aliphatic imine (C=N–C) groups is 1. The number of benzene rings is 1. The third-order valence-corrected chi connectivity index (χ3v) is 3.74. The molecule has 0 bridgehead atoms. The summed E-state index contributed by atoms with van der Waals surface area (Å²) in [5.41, 5.74) is 1.02. The molecule has 0 saturated heterocycles. The van der Waals surface area contributed by atoms with E-state index in [4.69, 9.17) is 4.74 Å². The van der Waals surface area contributed by atoms with Crippen LogP contribution in [0.2, 0.25) is 0 Å². The number of hydrogen-bond donors (Lipinski definition) is 2. The Balaban J connectivity index is 0.00000576. The van der Waals surface area contributed by atoms with E-state index in [2.05, 4.69) is 21.9 Å². The van der Waals surface area contributed by atoms with Gasteiger partial charge in [0.1, 0.15) is 0 Å². The van der Waals surface area contributed by atoms with Crippen LogP contribution in [0.4, 0.5) is 5.69 Å². The summed E-state index contributed by atoms with van der Waals surface area (Å²) >= 11 is 1.77. The van der Waals surface area contributed by atoms with Crippen LogP contribution in [0, 0.1) is 10.1 Å². The number of thioether (sulfide) groups is 1. The van der Waals surface area contributed by atoms with Gasteiger partial charge in [0.05, 0.1) is 11.5 Å². The van der Waals surface area contributed by atoms with Crippen LogP contribution >= 0.6 is 35.7 Å². The van der Waals surface area contributed by atoms with Crippen LogP contribution in [0.15, 0.2) is 29.3 Å². The van der Waals surface area contributed by atoms with Gasteiger partial charge in [-0.3, -0.25) is 10.1 Å². The number of ether oxygens (including phenoxy) is 1. The summed E-state index contributed by atoms with van der Waals surface area (Å²) < 4.78 is 5.32. The van der Waals surface area contributed by atoms with Gasteiger partial charge in [-0.15, -0.1) is 24.0 Å². The van der Waals surface area contributed by atoms with Gasteiger partial charge in [0, 0.05) is 44.2 Å². The molecule has 0 aliphatic carbocycles. The highest BCUT2D eigenvalue weighted by atomic mass is 127. The van der Waals surface area contributed by atoms with E-state index in [-0.39, 0.29) is 29.7 Å². The average Bonchev–Trinajstić information content (AvgIpc) is 2.59. The lowest BCUT2D eigenvalue weighted by Gasteiger charge is -2.12. The molecule has 0 aliphatic rings. The van der Waals surface area contributed by atoms with Crippen molar-refractivity contribution in [2.75, 3.05) is 38.3 Å². The van der Waals surface area contributed by atoms with Crippen molar-refractivity contribution in [2.24, 2.45) is 4.99 Å². The minimum absolute atomic E-state index is 0. The average molecular weight is 482 g/mol. The summed E-state index contributed by atoms with van der Waals surface area (Å²) in [4.78, 5) is 14.8. The summed E-state index contributed by atoms with van der Waals surface area (Å²) in [5.74, 6) is 1.75. The smallest absolute Gasteiger partial charge is 0.269 e. The molecule has 0 aromatic heterocycles. The van der Waals surface area contributed by atoms with Gasteiger partial charge in [0.2, 0.25) is 0 Å². The Hall–Kier alpha value is -1.07. The maximum atomic E-state index is 10.7. The lowest BCUT2D eigenvalue weighted by atomic mass is 10.2. The van der Waals surface area contributed by atoms with Crippen LogP contribution in [-0.2, 0) is 11.3 Å². The molecule has 142 valence electrons. The number of rotatable bonds is 11. The highest BCUT2D eigenvalue weighted by Crippen LogP contribution is 2.12. The number of nitro groups is 1. The number of halogens is 1. The monoisotopic (exact) mass is 482 g/mol. The Morgan fingerprint density at radius 1 is 1.28 bits per heavy atom. The first-order valence-corrected chi connectivity index (χ1v) is 9.39. The summed E-state index contributed by atoms with van der Waals surface area (Å²) in [6, 6.07) is 6.47. The van der Waals surface area contributed by atoms with Gasteiger partial charge < -0.3 is 15.4 Å². The van der Waals surface area contributed by atoms with Gasteiger partial charge in [-0.1, -0.05) is 12.1 Å². The third kappa shape index (κ3) is 11.2. The van der Waals surface area contributed by atoms with Crippen LogP contribution in [0.1, 0.15) is 18.9 Å². The van der Waals surface area contributed by atoms with Crippen molar-refractivity contribution in [3.8, 4) is 0 Å². The molecule has 7 nitrogen and oxygen atoms in total. The lowest BCUT2D eigenvalue weighted by Crippen LogP contribution is -2.39. The third-order valence-electron chi connectivity index (χ3n) is 3.13. The van der Waals surface area contributed by atoms with Gasteiger partial charge in [-0.05, 0) is 25.2 Å². The largest absolute Gasteiger partial charge is 0.382 e. The molecule has 25 heavy (non-hydrogen) atoms. The van der Waals surface area contributed by atoms with Crippen molar-refractivity contribution < 1.29 is 9.66 Å². The van der Waals surface area contributed by atoms with E-state index >= 15 is 0 Å². The molecule has 9 heteroatoms. The fourth-order valence-electron chi connectivity index (χ4n) is 1.86. The van der Waals surface area contributed by atoms with Crippen LogP contribution in [0.5, 0.6) is 0 Å². The Kier molecular flexibility index (Phi) is 14.6. The second kappa shape index (κ2) is 15.2. The van der Waals surface area contributed by atoms with Gasteiger partial charge in [0.25, 0.3) is 5.69 Å². The quantitative estimate of drug-likeness (QED) is 0.126. The second-order valence-electron chi connectivity index (χ2n) is 4.99. The normalized spacial score (nSPS) is 10.9. The van der Waals surface area contributed by atoms with Crippen molar-refractivity contribution in [3.05, 3.63) is 39.9 Å². The molecular weight excluding hydrogens is 455 g/mol. The Bertz CT molecular complexity index is 515. The first-order chi connectivity index (χ1) is 11.7. The molecule has 0 atom stereocenters. The summed E-state index contributed by atoms with van der Waals surface area (Å²) in [6.07, 6.45) is 2.97. The van der Waals surface area contributed by atoms with E-state index in [0.29, 0.717) is 6.54 Å². The molecule has 1 aromatic carbocycles. The van der Waals surface area contributed by atoms with E-state index in [0.717, 1.165) is 50.0 Å². The number of guanidine groups is 1. The minimum atomic E-state index is -0.400. The molecule has 0 fully saturated rings. The summed E-state index contributed by atoms with van der Waals surface area (Å²) in [6.45, 7) is 5.52. The lowest BCUT2D eigenvalue weighted by molar-refractivity contribution is -0.384. The van der Waals surface area contributed by atoms with Gasteiger partial charge in [-0.2, -0.15) is 11.8 Å². The van der Waals surface area contributed by atoms with Crippen molar-refractivity contribution in [1.29, 1.82) is 0 Å². The van der Waals surface area contributed by atoms with Crippen LogP contribution in [0.25, 0.3) is 0 Å². The topological polar surface area (TPSA) is 88.8 Å². The second-order valence-corrected chi connectivity index (χ2v) is 5.97. The molecule has 0 spiro atoms. The first-order valence-electron chi connectivity index (χ1n) is 7.99. The summed E-state index contributed by atoms with van der Waals surface area (Å²) in [5, 5.41) is 17.2. The van der Waals surface area contributed by atoms with E-state index < -0.39 is 4.92 Å². The van der Waals surface area contributed by atoms with Crippen LogP contribution in [0.3, 0.4) is 0 Å². The van der Waals surface area contributed by atoms with E-state index in [9.17, 15) is 10.1 Å². The predicted octanol–water partition coefficient (Wildman–Crippen LogP) is 3.04. The molecule has 0 radical (unpaired) electrons. The number of nitro benzene ring substituents is 1. The fourth-order valence-corrected chi connectivity index (χ4v) is 2.17. The molecule has 0 heterocycles. The zero-order valence-corrected chi connectivity index (χ0v) is 17.8. The Labute approximate surface area is 170 Å². The summed E-state index contributed by atoms with van der Waals surface area (Å²) in [7, 11) is 0. The van der Waals surface area contributed by atoms with E-state index in [1.165, 1.54) is 12.1 Å². The fraction of sp³-hybridized carbons (Fsp3) is 0.562. The van der Waals surface area contributed by atoms with Crippen molar-refractivity contribution >= 4 is 47.4 Å². The van der Waals surface area contributed by atoms with Gasteiger partial charge >= 0.3 is 0 Å². The Morgan fingerprint density at radius 2 is 1.96 bits per heavy atom. The minimum Gasteiger partial charge on any atom is -0.382 e. The number of nitrogens with zero attached hydrogens (tertiary/aromatic N) is 2. The SMILES string of the molecule is CCOCCCNC(=NCc1ccc([N+](=O)[O-])cc1)NCCSC.I. The van der Waals surface area contributed by atoms with Gasteiger partial charge in [0.15, 0.2) is 5.96 Å². The van der Waals surface area contributed by atoms with Crippen molar-refractivity contribution in [3.63, 3.8) is 0 Å². The van der Waals surface area contributed by atoms with Crippen LogP contribution < -0.4 is 10.6 Å². The number of non-ortho nitro benzene ring substituents is 1. The van der Waals surface area contributed by atoms with Crippen molar-refractivity contribution in [2.45, 2.75) is 19.9 Å². The highest BCUT2D eigenvalue weighted by Gasteiger charge is 2.04. The molecule has 1 rings (SSSR count). The van der Waals surface area contributed by atoms with E-state index in [1.54, 1.807) is 23.9 Å².